The van der Waals surface area contributed by atoms with Crippen molar-refractivity contribution in [3.8, 4) is 5.75 Å². The van der Waals surface area contributed by atoms with Crippen LogP contribution in [0.5, 0.6) is 5.75 Å². The van der Waals surface area contributed by atoms with E-state index in [1.165, 1.54) is 23.9 Å². The van der Waals surface area contributed by atoms with Gasteiger partial charge in [-0.05, 0) is 37.1 Å². The number of nitrogens with zero attached hydrogens (tertiary/aromatic N) is 1. The Bertz CT molecular complexity index is 1070. The zero-order valence-electron chi connectivity index (χ0n) is 16.9. The molecule has 0 radical (unpaired) electrons. The van der Waals surface area contributed by atoms with E-state index in [-0.39, 0.29) is 12.4 Å². The molecule has 3 aromatic rings. The van der Waals surface area contributed by atoms with Crippen molar-refractivity contribution < 1.29 is 13.9 Å². The van der Waals surface area contributed by atoms with Crippen LogP contribution in [0.2, 0.25) is 0 Å². The van der Waals surface area contributed by atoms with Crippen LogP contribution in [0.1, 0.15) is 34.1 Å². The van der Waals surface area contributed by atoms with Gasteiger partial charge in [0.1, 0.15) is 11.6 Å². The number of ether oxygens (including phenoxy) is 2. The molecular formula is C24H23FN2O2S. The van der Waals surface area contributed by atoms with E-state index in [0.29, 0.717) is 22.2 Å². The average molecular weight is 423 g/mol. The molecule has 154 valence electrons. The Kier molecular flexibility index (Phi) is 6.06. The van der Waals surface area contributed by atoms with Crippen LogP contribution in [-0.4, -0.2) is 5.17 Å². The van der Waals surface area contributed by atoms with E-state index >= 15 is 0 Å². The number of benzene rings is 3. The van der Waals surface area contributed by atoms with E-state index in [9.17, 15) is 4.39 Å². The van der Waals surface area contributed by atoms with Crippen LogP contribution in [0.15, 0.2) is 65.7 Å². The lowest BCUT2D eigenvalue weighted by atomic mass is 10.1. The van der Waals surface area contributed by atoms with E-state index in [1.807, 2.05) is 62.4 Å². The molecule has 2 N–H and O–H groups in total. The van der Waals surface area contributed by atoms with Crippen molar-refractivity contribution in [1.82, 2.24) is 0 Å². The molecule has 1 aliphatic heterocycles. The Morgan fingerprint density at radius 2 is 1.83 bits per heavy atom. The lowest BCUT2D eigenvalue weighted by Crippen LogP contribution is -2.19. The van der Waals surface area contributed by atoms with Crippen molar-refractivity contribution in [1.29, 1.82) is 0 Å². The predicted octanol–water partition coefficient (Wildman–Crippen LogP) is 5.93. The summed E-state index contributed by atoms with van der Waals surface area (Å²) in [5.74, 6) is 0.783. The maximum Gasteiger partial charge on any atom is 0.227 e. The highest BCUT2D eigenvalue weighted by Crippen LogP contribution is 2.38. The molecule has 4 nitrogen and oxygen atoms in total. The molecule has 4 rings (SSSR count). The predicted molar refractivity (Wildman–Crippen MR) is 119 cm³/mol. The zero-order valence-corrected chi connectivity index (χ0v) is 17.7. The molecule has 1 atom stereocenters. The van der Waals surface area contributed by atoms with Crippen LogP contribution in [0, 0.1) is 19.7 Å². The molecule has 0 aliphatic carbocycles. The minimum absolute atomic E-state index is 0.288. The van der Waals surface area contributed by atoms with Crippen LogP contribution in [0.4, 0.5) is 10.1 Å². The Balaban J connectivity index is 1.55. The fourth-order valence-corrected chi connectivity index (χ4v) is 4.11. The second kappa shape index (κ2) is 8.90. The molecular weight excluding hydrogens is 399 g/mol. The summed E-state index contributed by atoms with van der Waals surface area (Å²) in [6, 6.07) is 18.7. The lowest BCUT2D eigenvalue weighted by Gasteiger charge is -2.28. The summed E-state index contributed by atoms with van der Waals surface area (Å²) in [5.41, 5.74) is 11.5. The van der Waals surface area contributed by atoms with Crippen molar-refractivity contribution in [3.63, 3.8) is 0 Å². The Labute approximate surface area is 179 Å². The van der Waals surface area contributed by atoms with E-state index in [4.69, 9.17) is 15.2 Å². The van der Waals surface area contributed by atoms with E-state index in [0.717, 1.165) is 27.9 Å². The third-order valence-electron chi connectivity index (χ3n) is 4.93. The monoisotopic (exact) mass is 422 g/mol. The van der Waals surface area contributed by atoms with Gasteiger partial charge in [-0.3, -0.25) is 0 Å². The smallest absolute Gasteiger partial charge is 0.227 e. The van der Waals surface area contributed by atoms with Gasteiger partial charge in [0.15, 0.2) is 5.17 Å². The quantitative estimate of drug-likeness (QED) is 0.418. The van der Waals surface area contributed by atoms with Crippen LogP contribution >= 0.6 is 11.8 Å². The third-order valence-corrected chi connectivity index (χ3v) is 5.77. The summed E-state index contributed by atoms with van der Waals surface area (Å²) in [5, 5.41) is 0.428. The summed E-state index contributed by atoms with van der Waals surface area (Å²) >= 11 is 1.36. The van der Waals surface area contributed by atoms with Gasteiger partial charge in [-0.1, -0.05) is 60.3 Å². The van der Waals surface area contributed by atoms with Crippen LogP contribution < -0.4 is 10.5 Å². The van der Waals surface area contributed by atoms with E-state index < -0.39 is 6.29 Å². The van der Waals surface area contributed by atoms with Gasteiger partial charge < -0.3 is 15.2 Å². The van der Waals surface area contributed by atoms with Gasteiger partial charge in [0.2, 0.25) is 6.29 Å². The van der Waals surface area contributed by atoms with Gasteiger partial charge >= 0.3 is 0 Å². The van der Waals surface area contributed by atoms with Gasteiger partial charge in [0.05, 0.1) is 12.3 Å². The summed E-state index contributed by atoms with van der Waals surface area (Å²) < 4.78 is 26.1. The topological polar surface area (TPSA) is 56.8 Å². The number of thioether (sulfide) groups is 1. The highest BCUT2D eigenvalue weighted by Gasteiger charge is 2.25. The second-order valence-corrected chi connectivity index (χ2v) is 8.20. The van der Waals surface area contributed by atoms with Gasteiger partial charge in [-0.2, -0.15) is 0 Å². The summed E-state index contributed by atoms with van der Waals surface area (Å²) in [6.45, 7) is 4.30. The Hall–Kier alpha value is -2.83. The number of fused-ring (bicyclic) bond motifs is 1. The SMILES string of the molecule is Cc1cccc(C)c1N=C(N)SCc1cc(F)cc2c1O[C@H](c1ccccc1)OC2. The maximum atomic E-state index is 14.2. The van der Waals surface area contributed by atoms with Gasteiger partial charge in [0.25, 0.3) is 0 Å². The molecule has 0 unspecified atom stereocenters. The summed E-state index contributed by atoms with van der Waals surface area (Å²) in [6.07, 6.45) is -0.520. The largest absolute Gasteiger partial charge is 0.460 e. The summed E-state index contributed by atoms with van der Waals surface area (Å²) in [7, 11) is 0. The number of aliphatic imine (C=N–C) groups is 1. The molecule has 0 saturated carbocycles. The summed E-state index contributed by atoms with van der Waals surface area (Å²) in [4.78, 5) is 4.57. The molecule has 0 amide bonds. The number of hydrogen-bond donors (Lipinski definition) is 1. The number of nitrogens with two attached hydrogens (primary N) is 1. The van der Waals surface area contributed by atoms with E-state index in [2.05, 4.69) is 4.99 Å². The number of halogens is 1. The normalized spacial score (nSPS) is 16.1. The Morgan fingerprint density at radius 3 is 2.57 bits per heavy atom. The second-order valence-electron chi connectivity index (χ2n) is 7.20. The first kappa shape index (κ1) is 20.4. The number of hydrogen-bond acceptors (Lipinski definition) is 4. The number of rotatable bonds is 4. The average Bonchev–Trinajstić information content (AvgIpc) is 2.75. The highest BCUT2D eigenvalue weighted by molar-refractivity contribution is 8.13. The number of amidine groups is 1. The highest BCUT2D eigenvalue weighted by atomic mass is 32.2. The molecule has 30 heavy (non-hydrogen) atoms. The Morgan fingerprint density at radius 1 is 1.10 bits per heavy atom. The molecule has 0 fully saturated rings. The first-order chi connectivity index (χ1) is 14.5. The number of aryl methyl sites for hydroxylation is 2. The molecule has 3 aromatic carbocycles. The molecule has 0 saturated heterocycles. The maximum absolute atomic E-state index is 14.2. The van der Waals surface area contributed by atoms with Crippen molar-refractivity contribution in [2.75, 3.05) is 0 Å². The first-order valence-electron chi connectivity index (χ1n) is 9.69. The standard InChI is InChI=1S/C24H23FN2O2S/c1-15-7-6-8-16(2)21(15)27-24(26)30-14-19-12-20(25)11-18-13-28-23(29-22(18)19)17-9-4-3-5-10-17/h3-12,23H,13-14H2,1-2H3,(H2,26,27)/t23-/m1/s1. The van der Waals surface area contributed by atoms with Crippen LogP contribution in [0.25, 0.3) is 0 Å². The number of para-hydroxylation sites is 1. The van der Waals surface area contributed by atoms with Gasteiger partial charge in [0, 0.05) is 22.4 Å². The zero-order chi connectivity index (χ0) is 21.1. The van der Waals surface area contributed by atoms with Gasteiger partial charge in [-0.25, -0.2) is 9.38 Å². The van der Waals surface area contributed by atoms with Crippen LogP contribution in [-0.2, 0) is 17.1 Å². The minimum atomic E-state index is -0.520. The van der Waals surface area contributed by atoms with Crippen molar-refractivity contribution in [2.45, 2.75) is 32.5 Å². The van der Waals surface area contributed by atoms with Crippen molar-refractivity contribution >= 4 is 22.6 Å². The molecule has 1 heterocycles. The fraction of sp³-hybridized carbons (Fsp3) is 0.208. The van der Waals surface area contributed by atoms with Gasteiger partial charge in [-0.15, -0.1) is 0 Å². The van der Waals surface area contributed by atoms with Crippen molar-refractivity contribution in [3.05, 3.63) is 94.3 Å². The first-order valence-corrected chi connectivity index (χ1v) is 10.7. The van der Waals surface area contributed by atoms with E-state index in [1.54, 1.807) is 0 Å². The van der Waals surface area contributed by atoms with Crippen molar-refractivity contribution in [2.24, 2.45) is 10.7 Å². The molecule has 1 aliphatic rings. The third kappa shape index (κ3) is 4.50. The molecule has 0 bridgehead atoms. The minimum Gasteiger partial charge on any atom is -0.460 e. The molecule has 6 heteroatoms. The molecule has 0 spiro atoms. The van der Waals surface area contributed by atoms with Crippen LogP contribution in [0.3, 0.4) is 0 Å². The lowest BCUT2D eigenvalue weighted by molar-refractivity contribution is -0.112. The fourth-order valence-electron chi connectivity index (χ4n) is 3.43. The molecule has 0 aromatic heterocycles.